The van der Waals surface area contributed by atoms with E-state index >= 15 is 0 Å². The molecule has 2 aromatic carbocycles. The fraction of sp³-hybridized carbons (Fsp3) is 0.308. The minimum atomic E-state index is -0.522. The Labute approximate surface area is 196 Å². The highest BCUT2D eigenvalue weighted by Crippen LogP contribution is 2.46. The van der Waals surface area contributed by atoms with Crippen LogP contribution in [0.25, 0.3) is 22.2 Å². The Morgan fingerprint density at radius 1 is 1.00 bits per heavy atom. The summed E-state index contributed by atoms with van der Waals surface area (Å²) in [6.07, 6.45) is -0.522. The summed E-state index contributed by atoms with van der Waals surface area (Å²) in [6, 6.07) is 15.7. The molecule has 3 heterocycles. The summed E-state index contributed by atoms with van der Waals surface area (Å²) >= 11 is 6.59. The van der Waals surface area contributed by atoms with E-state index in [1.54, 1.807) is 11.6 Å². The van der Waals surface area contributed by atoms with Crippen molar-refractivity contribution in [2.45, 2.75) is 32.4 Å². The minimum absolute atomic E-state index is 0.320. The molecule has 0 fully saturated rings. The number of rotatable bonds is 2. The van der Waals surface area contributed by atoms with Crippen LogP contribution in [0, 0.1) is 6.92 Å². The van der Waals surface area contributed by atoms with Gasteiger partial charge in [0, 0.05) is 24.7 Å². The zero-order valence-corrected chi connectivity index (χ0v) is 20.1. The number of fused-ring (bicyclic) bond motifs is 3. The molecule has 0 bridgehead atoms. The number of benzene rings is 2. The van der Waals surface area contributed by atoms with Crippen molar-refractivity contribution in [3.8, 4) is 11.3 Å². The lowest BCUT2D eigenvalue weighted by Gasteiger charge is -2.39. The molecule has 0 amide bonds. The van der Waals surface area contributed by atoms with Crippen LogP contribution in [0.15, 0.2) is 58.1 Å². The number of aromatic nitrogens is 3. The Bertz CT molecular complexity index is 1520. The van der Waals surface area contributed by atoms with Crippen molar-refractivity contribution < 1.29 is 4.74 Å². The van der Waals surface area contributed by atoms with Crippen LogP contribution in [-0.4, -0.2) is 20.3 Å². The van der Waals surface area contributed by atoms with Crippen molar-refractivity contribution in [3.63, 3.8) is 0 Å². The summed E-state index contributed by atoms with van der Waals surface area (Å²) in [5.41, 5.74) is 3.83. The normalized spacial score (nSPS) is 17.3. The summed E-state index contributed by atoms with van der Waals surface area (Å²) in [4.78, 5) is 26.6. The predicted molar refractivity (Wildman–Crippen MR) is 131 cm³/mol. The summed E-state index contributed by atoms with van der Waals surface area (Å²) in [5, 5.41) is 1.09. The molecule has 0 spiro atoms. The first kappa shape index (κ1) is 21.7. The van der Waals surface area contributed by atoms with Crippen molar-refractivity contribution in [2.75, 3.05) is 6.61 Å². The van der Waals surface area contributed by atoms with Gasteiger partial charge in [-0.05, 0) is 32.4 Å². The molecule has 0 radical (unpaired) electrons. The Kier molecular flexibility index (Phi) is 4.92. The first-order valence-corrected chi connectivity index (χ1v) is 11.3. The van der Waals surface area contributed by atoms with Crippen molar-refractivity contribution in [3.05, 3.63) is 91.2 Å². The van der Waals surface area contributed by atoms with Crippen LogP contribution in [0.1, 0.15) is 36.8 Å². The number of hydrogen-bond acceptors (Lipinski definition) is 3. The molecule has 0 N–H and O–H groups in total. The van der Waals surface area contributed by atoms with Gasteiger partial charge in [-0.25, -0.2) is 4.79 Å². The molecule has 4 aromatic rings. The van der Waals surface area contributed by atoms with Gasteiger partial charge in [0.2, 0.25) is 0 Å². The lowest BCUT2D eigenvalue weighted by atomic mass is 9.98. The fourth-order valence-electron chi connectivity index (χ4n) is 4.91. The molecule has 170 valence electrons. The highest BCUT2D eigenvalue weighted by Gasteiger charge is 2.41. The van der Waals surface area contributed by atoms with E-state index in [1.165, 1.54) is 11.6 Å². The van der Waals surface area contributed by atoms with Crippen LogP contribution in [0.2, 0.25) is 5.02 Å². The zero-order valence-electron chi connectivity index (χ0n) is 19.3. The molecule has 5 rings (SSSR count). The molecule has 7 heteroatoms. The molecule has 0 saturated carbocycles. The van der Waals surface area contributed by atoms with Gasteiger partial charge in [-0.15, -0.1) is 0 Å². The third-order valence-corrected chi connectivity index (χ3v) is 6.92. The third kappa shape index (κ3) is 3.12. The molecule has 6 nitrogen and oxygen atoms in total. The SMILES string of the molecule is Cc1ccc(-c2c3c(=O)n(C)c(=O)n(C)c3c3n2C(C)(C)COC3c2ccccc2Cl)cc1. The summed E-state index contributed by atoms with van der Waals surface area (Å²) in [5.74, 6) is 0. The molecular weight excluding hydrogens is 438 g/mol. The second kappa shape index (κ2) is 7.47. The molecule has 2 aromatic heterocycles. The molecule has 1 aliphatic heterocycles. The largest absolute Gasteiger partial charge is 0.365 e. The van der Waals surface area contributed by atoms with Gasteiger partial charge in [0.15, 0.2) is 0 Å². The third-order valence-electron chi connectivity index (χ3n) is 6.58. The van der Waals surface area contributed by atoms with E-state index in [0.717, 1.165) is 28.1 Å². The van der Waals surface area contributed by atoms with Crippen LogP contribution < -0.4 is 11.2 Å². The monoisotopic (exact) mass is 463 g/mol. The van der Waals surface area contributed by atoms with E-state index in [2.05, 4.69) is 18.4 Å². The first-order valence-electron chi connectivity index (χ1n) is 10.9. The Balaban J connectivity index is 2.03. The van der Waals surface area contributed by atoms with E-state index in [9.17, 15) is 9.59 Å². The molecule has 1 unspecified atom stereocenters. The zero-order chi connectivity index (χ0) is 23.7. The van der Waals surface area contributed by atoms with Crippen LogP contribution in [0.4, 0.5) is 0 Å². The van der Waals surface area contributed by atoms with Crippen LogP contribution in [0.3, 0.4) is 0 Å². The Morgan fingerprint density at radius 2 is 1.67 bits per heavy atom. The predicted octanol–water partition coefficient (Wildman–Crippen LogP) is 4.52. The van der Waals surface area contributed by atoms with Gasteiger partial charge >= 0.3 is 5.69 Å². The molecule has 1 aliphatic rings. The Morgan fingerprint density at radius 3 is 2.33 bits per heavy atom. The summed E-state index contributed by atoms with van der Waals surface area (Å²) in [6.45, 7) is 6.62. The number of aryl methyl sites for hydroxylation is 2. The molecule has 1 atom stereocenters. The minimum Gasteiger partial charge on any atom is -0.365 e. The van der Waals surface area contributed by atoms with Gasteiger partial charge in [0.1, 0.15) is 6.10 Å². The summed E-state index contributed by atoms with van der Waals surface area (Å²) < 4.78 is 11.3. The Hall–Kier alpha value is -3.09. The van der Waals surface area contributed by atoms with Gasteiger partial charge in [0.05, 0.1) is 34.4 Å². The highest BCUT2D eigenvalue weighted by molar-refractivity contribution is 6.31. The standard InChI is InChI=1S/C26H26ClN3O3/c1-15-10-12-16(13-11-15)20-19-21(28(4)25(32)29(5)24(19)31)22-23(17-8-6-7-9-18(17)27)33-14-26(2,3)30(20)22/h6-13,23H,14H2,1-5H3. The van der Waals surface area contributed by atoms with Crippen LogP contribution in [-0.2, 0) is 24.4 Å². The van der Waals surface area contributed by atoms with Gasteiger partial charge in [-0.2, -0.15) is 0 Å². The van der Waals surface area contributed by atoms with E-state index in [-0.39, 0.29) is 11.2 Å². The van der Waals surface area contributed by atoms with Crippen LogP contribution in [0.5, 0.6) is 0 Å². The van der Waals surface area contributed by atoms with Gasteiger partial charge < -0.3 is 9.30 Å². The fourth-order valence-corrected chi connectivity index (χ4v) is 5.14. The molecule has 0 saturated heterocycles. The van der Waals surface area contributed by atoms with E-state index in [1.807, 2.05) is 55.5 Å². The van der Waals surface area contributed by atoms with Gasteiger partial charge in [0.25, 0.3) is 5.56 Å². The smallest absolute Gasteiger partial charge is 0.331 e. The number of hydrogen-bond donors (Lipinski definition) is 0. The maximum atomic E-state index is 13.6. The van der Waals surface area contributed by atoms with Gasteiger partial charge in [-0.1, -0.05) is 59.6 Å². The lowest BCUT2D eigenvalue weighted by Crippen LogP contribution is -2.40. The average molecular weight is 464 g/mol. The van der Waals surface area contributed by atoms with E-state index < -0.39 is 11.6 Å². The second-order valence-electron chi connectivity index (χ2n) is 9.39. The highest BCUT2D eigenvalue weighted by atomic mass is 35.5. The van der Waals surface area contributed by atoms with Crippen molar-refractivity contribution in [2.24, 2.45) is 14.1 Å². The van der Waals surface area contributed by atoms with Gasteiger partial charge in [-0.3, -0.25) is 13.9 Å². The quantitative estimate of drug-likeness (QED) is 0.439. The van der Waals surface area contributed by atoms with Crippen molar-refractivity contribution in [1.82, 2.24) is 13.7 Å². The maximum absolute atomic E-state index is 13.6. The summed E-state index contributed by atoms with van der Waals surface area (Å²) in [7, 11) is 3.22. The number of nitrogens with zero attached hydrogens (tertiary/aromatic N) is 3. The number of ether oxygens (including phenoxy) is 1. The lowest BCUT2D eigenvalue weighted by molar-refractivity contribution is -0.00702. The molecular formula is C26H26ClN3O3. The molecule has 0 aliphatic carbocycles. The number of halogens is 1. The van der Waals surface area contributed by atoms with E-state index in [0.29, 0.717) is 22.5 Å². The second-order valence-corrected chi connectivity index (χ2v) is 9.80. The van der Waals surface area contributed by atoms with Crippen LogP contribution >= 0.6 is 11.6 Å². The van der Waals surface area contributed by atoms with E-state index in [4.69, 9.17) is 16.3 Å². The maximum Gasteiger partial charge on any atom is 0.331 e. The molecule has 33 heavy (non-hydrogen) atoms. The van der Waals surface area contributed by atoms with Crippen molar-refractivity contribution >= 4 is 22.5 Å². The van der Waals surface area contributed by atoms with Crippen molar-refractivity contribution in [1.29, 1.82) is 0 Å². The first-order chi connectivity index (χ1) is 15.6. The average Bonchev–Trinajstić information content (AvgIpc) is 3.15. The topological polar surface area (TPSA) is 58.2 Å².